The molecule has 19 heavy (non-hydrogen) atoms. The zero-order valence-electron chi connectivity index (χ0n) is 12.4. The molecule has 1 fully saturated rings. The summed E-state index contributed by atoms with van der Waals surface area (Å²) in [7, 11) is -3.41. The number of carbonyl (C=O) groups is 1. The zero-order valence-corrected chi connectivity index (χ0v) is 13.2. The first kappa shape index (κ1) is 16.4. The van der Waals surface area contributed by atoms with Gasteiger partial charge in [-0.2, -0.15) is 0 Å². The van der Waals surface area contributed by atoms with Crippen LogP contribution in [-0.2, 0) is 14.6 Å². The van der Waals surface area contributed by atoms with Crippen molar-refractivity contribution >= 4 is 15.7 Å². The molecule has 0 aliphatic carbocycles. The van der Waals surface area contributed by atoms with Crippen molar-refractivity contribution in [3.63, 3.8) is 0 Å². The van der Waals surface area contributed by atoms with E-state index >= 15 is 0 Å². The highest BCUT2D eigenvalue weighted by atomic mass is 32.2. The van der Waals surface area contributed by atoms with E-state index in [1.54, 1.807) is 4.90 Å². The van der Waals surface area contributed by atoms with Crippen LogP contribution >= 0.6 is 0 Å². The highest BCUT2D eigenvalue weighted by molar-refractivity contribution is 7.92. The van der Waals surface area contributed by atoms with Gasteiger partial charge < -0.3 is 10.2 Å². The topological polar surface area (TPSA) is 66.5 Å². The zero-order chi connectivity index (χ0) is 14.7. The number of nitrogens with one attached hydrogen (secondary N) is 1. The van der Waals surface area contributed by atoms with E-state index in [1.165, 1.54) is 6.26 Å². The second-order valence-electron chi connectivity index (χ2n) is 5.75. The second kappa shape index (κ2) is 6.22. The van der Waals surface area contributed by atoms with Gasteiger partial charge in [-0.25, -0.2) is 8.42 Å². The van der Waals surface area contributed by atoms with Crippen LogP contribution in [-0.4, -0.2) is 56.4 Å². The van der Waals surface area contributed by atoms with Crippen molar-refractivity contribution in [3.05, 3.63) is 0 Å². The largest absolute Gasteiger partial charge is 0.341 e. The molecule has 1 saturated heterocycles. The van der Waals surface area contributed by atoms with Crippen LogP contribution in [0.25, 0.3) is 0 Å². The maximum absolute atomic E-state index is 12.8. The van der Waals surface area contributed by atoms with Crippen LogP contribution < -0.4 is 5.32 Å². The lowest BCUT2D eigenvalue weighted by molar-refractivity contribution is -0.135. The lowest BCUT2D eigenvalue weighted by Crippen LogP contribution is -2.58. The standard InChI is InChI=1S/C13H26N2O3S/c1-5-15(10-11(2)3)12(16)13(19(4,17)18)6-8-14-9-7-13/h11,14H,5-10H2,1-4H3. The summed E-state index contributed by atoms with van der Waals surface area (Å²) in [5.74, 6) is 0.120. The van der Waals surface area contributed by atoms with E-state index in [9.17, 15) is 13.2 Å². The van der Waals surface area contributed by atoms with E-state index in [1.807, 2.05) is 20.8 Å². The minimum atomic E-state index is -3.41. The van der Waals surface area contributed by atoms with Crippen LogP contribution in [0.3, 0.4) is 0 Å². The minimum absolute atomic E-state index is 0.215. The molecule has 1 aliphatic rings. The Kier molecular flexibility index (Phi) is 5.38. The molecule has 1 aliphatic heterocycles. The fourth-order valence-corrected chi connectivity index (χ4v) is 4.05. The molecular formula is C13H26N2O3S. The third kappa shape index (κ3) is 3.48. The number of amides is 1. The second-order valence-corrected chi connectivity index (χ2v) is 8.08. The molecule has 0 bridgehead atoms. The summed E-state index contributed by atoms with van der Waals surface area (Å²) in [5.41, 5.74) is 0. The highest BCUT2D eigenvalue weighted by Crippen LogP contribution is 2.30. The molecule has 0 unspecified atom stereocenters. The van der Waals surface area contributed by atoms with Gasteiger partial charge in [0.05, 0.1) is 0 Å². The number of hydrogen-bond acceptors (Lipinski definition) is 4. The molecule has 0 atom stereocenters. The number of nitrogens with zero attached hydrogens (tertiary/aromatic N) is 1. The number of sulfone groups is 1. The fraction of sp³-hybridized carbons (Fsp3) is 0.923. The smallest absolute Gasteiger partial charge is 0.244 e. The normalized spacial score (nSPS) is 19.4. The van der Waals surface area contributed by atoms with Crippen molar-refractivity contribution in [2.45, 2.75) is 38.4 Å². The predicted octanol–water partition coefficient (Wildman–Crippen LogP) is 0.658. The van der Waals surface area contributed by atoms with E-state index in [0.717, 1.165) is 0 Å². The molecule has 1 amide bonds. The SMILES string of the molecule is CCN(CC(C)C)C(=O)C1(S(C)(=O)=O)CCNCC1. The van der Waals surface area contributed by atoms with Crippen LogP contribution in [0, 0.1) is 5.92 Å². The van der Waals surface area contributed by atoms with Crippen LogP contribution in [0.1, 0.15) is 33.6 Å². The van der Waals surface area contributed by atoms with Crippen LogP contribution in [0.4, 0.5) is 0 Å². The van der Waals surface area contributed by atoms with Gasteiger partial charge in [-0.15, -0.1) is 0 Å². The van der Waals surface area contributed by atoms with E-state index in [-0.39, 0.29) is 5.91 Å². The van der Waals surface area contributed by atoms with E-state index < -0.39 is 14.6 Å². The predicted molar refractivity (Wildman–Crippen MR) is 76.8 cm³/mol. The third-order valence-electron chi connectivity index (χ3n) is 3.77. The average molecular weight is 290 g/mol. The Balaban J connectivity index is 3.07. The van der Waals surface area contributed by atoms with E-state index in [2.05, 4.69) is 5.32 Å². The summed E-state index contributed by atoms with van der Waals surface area (Å²) in [6, 6.07) is 0. The monoisotopic (exact) mass is 290 g/mol. The Morgan fingerprint density at radius 1 is 1.32 bits per heavy atom. The van der Waals surface area contributed by atoms with Crippen molar-refractivity contribution in [2.24, 2.45) is 5.92 Å². The van der Waals surface area contributed by atoms with Gasteiger partial charge in [0.1, 0.15) is 0 Å². The number of carbonyl (C=O) groups excluding carboxylic acids is 1. The molecule has 0 saturated carbocycles. The Hall–Kier alpha value is -0.620. The van der Waals surface area contributed by atoms with Gasteiger partial charge >= 0.3 is 0 Å². The van der Waals surface area contributed by atoms with Crippen LogP contribution in [0.15, 0.2) is 0 Å². The van der Waals surface area contributed by atoms with Gasteiger partial charge in [-0.3, -0.25) is 4.79 Å². The van der Waals surface area contributed by atoms with Gasteiger partial charge in [0.2, 0.25) is 5.91 Å². The van der Waals surface area contributed by atoms with Crippen molar-refractivity contribution in [1.82, 2.24) is 10.2 Å². The maximum atomic E-state index is 12.8. The number of rotatable bonds is 5. The van der Waals surface area contributed by atoms with Crippen molar-refractivity contribution in [2.75, 3.05) is 32.4 Å². The summed E-state index contributed by atoms with van der Waals surface area (Å²) in [6.07, 6.45) is 1.94. The molecule has 112 valence electrons. The van der Waals surface area contributed by atoms with E-state index in [0.29, 0.717) is 44.9 Å². The summed E-state index contributed by atoms with van der Waals surface area (Å²) >= 11 is 0. The number of hydrogen-bond donors (Lipinski definition) is 1. The average Bonchev–Trinajstić information content (AvgIpc) is 2.34. The molecule has 6 heteroatoms. The Bertz CT molecular complexity index is 412. The molecule has 0 spiro atoms. The Morgan fingerprint density at radius 2 is 1.84 bits per heavy atom. The third-order valence-corrected chi connectivity index (χ3v) is 5.77. The van der Waals surface area contributed by atoms with Gasteiger partial charge in [0, 0.05) is 19.3 Å². The minimum Gasteiger partial charge on any atom is -0.341 e. The van der Waals surface area contributed by atoms with Gasteiger partial charge in [0.25, 0.3) is 0 Å². The molecular weight excluding hydrogens is 264 g/mol. The lowest BCUT2D eigenvalue weighted by Gasteiger charge is -2.38. The maximum Gasteiger partial charge on any atom is 0.244 e. The first-order chi connectivity index (χ1) is 8.74. The number of piperidine rings is 1. The Morgan fingerprint density at radius 3 is 2.21 bits per heavy atom. The van der Waals surface area contributed by atoms with Crippen molar-refractivity contribution < 1.29 is 13.2 Å². The summed E-state index contributed by atoms with van der Waals surface area (Å²) < 4.78 is 23.1. The highest BCUT2D eigenvalue weighted by Gasteiger charge is 2.50. The first-order valence-corrected chi connectivity index (χ1v) is 8.83. The molecule has 0 aromatic heterocycles. The van der Waals surface area contributed by atoms with Gasteiger partial charge in [-0.1, -0.05) is 13.8 Å². The molecule has 1 N–H and O–H groups in total. The molecule has 0 aromatic rings. The fourth-order valence-electron chi connectivity index (χ4n) is 2.66. The molecule has 0 aromatic carbocycles. The summed E-state index contributed by atoms with van der Waals surface area (Å²) in [5, 5.41) is 3.13. The van der Waals surface area contributed by atoms with Crippen molar-refractivity contribution in [1.29, 1.82) is 0 Å². The molecule has 0 radical (unpaired) electrons. The Labute approximate surface area is 116 Å². The van der Waals surface area contributed by atoms with Gasteiger partial charge in [-0.05, 0) is 38.8 Å². The first-order valence-electron chi connectivity index (χ1n) is 6.94. The summed E-state index contributed by atoms with van der Waals surface area (Å²) in [6.45, 7) is 8.30. The van der Waals surface area contributed by atoms with E-state index in [4.69, 9.17) is 0 Å². The molecule has 5 nitrogen and oxygen atoms in total. The van der Waals surface area contributed by atoms with Crippen LogP contribution in [0.5, 0.6) is 0 Å². The van der Waals surface area contributed by atoms with Crippen molar-refractivity contribution in [3.8, 4) is 0 Å². The quantitative estimate of drug-likeness (QED) is 0.807. The lowest BCUT2D eigenvalue weighted by atomic mass is 9.94. The molecule has 1 rings (SSSR count). The summed E-state index contributed by atoms with van der Waals surface area (Å²) in [4.78, 5) is 14.4. The van der Waals surface area contributed by atoms with Crippen LogP contribution in [0.2, 0.25) is 0 Å². The molecule has 1 heterocycles. The van der Waals surface area contributed by atoms with Gasteiger partial charge in [0.15, 0.2) is 14.6 Å².